The molecule has 0 fully saturated rings. The lowest BCUT2D eigenvalue weighted by atomic mass is 10.0. The second kappa shape index (κ2) is 7.83. The fourth-order valence-electron chi connectivity index (χ4n) is 1.48. The van der Waals surface area contributed by atoms with Crippen molar-refractivity contribution in [1.82, 2.24) is 0 Å². The Kier molecular flexibility index (Phi) is 7.52. The molecule has 1 atom stereocenters. The van der Waals surface area contributed by atoms with Gasteiger partial charge in [0, 0.05) is 0 Å². The first-order valence-corrected chi connectivity index (χ1v) is 4.77. The second-order valence-electron chi connectivity index (χ2n) is 3.31. The van der Waals surface area contributed by atoms with Gasteiger partial charge in [-0.15, -0.1) is 12.4 Å². The molecule has 0 aromatic heterocycles. The molecule has 0 saturated carbocycles. The maximum Gasteiger partial charge on any atom is 0.329 e. The molecule has 0 heterocycles. The Labute approximate surface area is 90.6 Å². The number of rotatable bonds is 3. The largest absolute Gasteiger partial charge is 0.480 e. The lowest BCUT2D eigenvalue weighted by Crippen LogP contribution is -2.18. The van der Waals surface area contributed by atoms with E-state index in [4.69, 9.17) is 9.84 Å². The Morgan fingerprint density at radius 1 is 1.36 bits per heavy atom. The van der Waals surface area contributed by atoms with Crippen LogP contribution >= 0.6 is 12.4 Å². The SMILES string of the molecule is Cl.O=C(O)COC1CCC=CCCC1. The van der Waals surface area contributed by atoms with Gasteiger partial charge in [0.1, 0.15) is 6.61 Å². The van der Waals surface area contributed by atoms with Crippen LogP contribution in [-0.4, -0.2) is 23.8 Å². The van der Waals surface area contributed by atoms with Crippen LogP contribution in [0.5, 0.6) is 0 Å². The van der Waals surface area contributed by atoms with E-state index in [0.717, 1.165) is 32.1 Å². The minimum absolute atomic E-state index is 0. The molecule has 0 amide bonds. The van der Waals surface area contributed by atoms with E-state index >= 15 is 0 Å². The van der Waals surface area contributed by atoms with E-state index in [9.17, 15) is 4.79 Å². The smallest absolute Gasteiger partial charge is 0.329 e. The molecule has 1 unspecified atom stereocenters. The van der Waals surface area contributed by atoms with E-state index in [0.29, 0.717) is 0 Å². The Balaban J connectivity index is 0.00000169. The highest BCUT2D eigenvalue weighted by Gasteiger charge is 2.10. The molecule has 1 N–H and O–H groups in total. The number of aliphatic carboxylic acids is 1. The van der Waals surface area contributed by atoms with Crippen LogP contribution in [0.25, 0.3) is 0 Å². The highest BCUT2D eigenvalue weighted by molar-refractivity contribution is 5.85. The molecule has 0 aromatic rings. The van der Waals surface area contributed by atoms with Crippen LogP contribution in [0.2, 0.25) is 0 Å². The third-order valence-corrected chi connectivity index (χ3v) is 2.16. The van der Waals surface area contributed by atoms with Gasteiger partial charge >= 0.3 is 5.97 Å². The molecule has 0 aliphatic heterocycles. The minimum Gasteiger partial charge on any atom is -0.480 e. The average molecular weight is 221 g/mol. The molecule has 0 spiro atoms. The number of carboxylic acids is 1. The fraction of sp³-hybridized carbons (Fsp3) is 0.700. The lowest BCUT2D eigenvalue weighted by Gasteiger charge is -2.16. The molecule has 0 aromatic carbocycles. The summed E-state index contributed by atoms with van der Waals surface area (Å²) >= 11 is 0. The normalized spacial score (nSPS) is 21.9. The van der Waals surface area contributed by atoms with Crippen LogP contribution in [0.15, 0.2) is 12.2 Å². The molecule has 0 radical (unpaired) electrons. The average Bonchev–Trinajstić information content (AvgIpc) is 2.01. The Hall–Kier alpha value is -0.540. The summed E-state index contributed by atoms with van der Waals surface area (Å²) in [7, 11) is 0. The third-order valence-electron chi connectivity index (χ3n) is 2.16. The molecule has 1 rings (SSSR count). The number of carbonyl (C=O) groups is 1. The van der Waals surface area contributed by atoms with Crippen molar-refractivity contribution in [2.24, 2.45) is 0 Å². The number of allylic oxidation sites excluding steroid dienone is 2. The molecule has 14 heavy (non-hydrogen) atoms. The van der Waals surface area contributed by atoms with Crippen LogP contribution in [0.4, 0.5) is 0 Å². The summed E-state index contributed by atoms with van der Waals surface area (Å²) in [5, 5.41) is 8.43. The Bertz CT molecular complexity index is 192. The van der Waals surface area contributed by atoms with Crippen molar-refractivity contribution in [3.8, 4) is 0 Å². The zero-order valence-corrected chi connectivity index (χ0v) is 8.96. The summed E-state index contributed by atoms with van der Waals surface area (Å²) in [5.74, 6) is -0.877. The molecule has 0 bridgehead atoms. The van der Waals surface area contributed by atoms with Gasteiger partial charge in [0.15, 0.2) is 0 Å². The third kappa shape index (κ3) is 6.00. The number of carboxylic acid groups (broad SMARTS) is 1. The summed E-state index contributed by atoms with van der Waals surface area (Å²) in [6.45, 7) is -0.158. The van der Waals surface area contributed by atoms with Gasteiger partial charge in [-0.3, -0.25) is 0 Å². The topological polar surface area (TPSA) is 46.5 Å². The van der Waals surface area contributed by atoms with Crippen molar-refractivity contribution in [3.63, 3.8) is 0 Å². The van der Waals surface area contributed by atoms with Gasteiger partial charge < -0.3 is 9.84 Å². The van der Waals surface area contributed by atoms with Gasteiger partial charge in [0.2, 0.25) is 0 Å². The molecule has 1 aliphatic carbocycles. The lowest BCUT2D eigenvalue weighted by molar-refractivity contribution is -0.144. The standard InChI is InChI=1S/C10H16O3.ClH/c11-10(12)8-13-9-6-4-2-1-3-5-7-9;/h1-2,9H,3-8H2,(H,11,12);1H. The summed E-state index contributed by atoms with van der Waals surface area (Å²) in [4.78, 5) is 10.3. The van der Waals surface area contributed by atoms with Crippen molar-refractivity contribution in [1.29, 1.82) is 0 Å². The van der Waals surface area contributed by atoms with Gasteiger partial charge in [0.25, 0.3) is 0 Å². The van der Waals surface area contributed by atoms with E-state index in [-0.39, 0.29) is 25.1 Å². The van der Waals surface area contributed by atoms with Crippen LogP contribution in [0, 0.1) is 0 Å². The molecule has 1 aliphatic rings. The van der Waals surface area contributed by atoms with Gasteiger partial charge in [-0.2, -0.15) is 0 Å². The highest BCUT2D eigenvalue weighted by atomic mass is 35.5. The summed E-state index contributed by atoms with van der Waals surface area (Å²) in [5.41, 5.74) is 0. The van der Waals surface area contributed by atoms with Crippen molar-refractivity contribution in [3.05, 3.63) is 12.2 Å². The van der Waals surface area contributed by atoms with Crippen LogP contribution in [0.1, 0.15) is 32.1 Å². The Morgan fingerprint density at radius 3 is 2.79 bits per heavy atom. The van der Waals surface area contributed by atoms with E-state index in [1.54, 1.807) is 0 Å². The first-order valence-electron chi connectivity index (χ1n) is 4.77. The minimum atomic E-state index is -0.877. The summed E-state index contributed by atoms with van der Waals surface area (Å²) in [6.07, 6.45) is 9.60. The van der Waals surface area contributed by atoms with E-state index in [2.05, 4.69) is 12.2 Å². The van der Waals surface area contributed by atoms with Gasteiger partial charge in [-0.05, 0) is 32.1 Å². The van der Waals surface area contributed by atoms with Crippen molar-refractivity contribution >= 4 is 18.4 Å². The van der Waals surface area contributed by atoms with Crippen molar-refractivity contribution in [2.45, 2.75) is 38.2 Å². The highest BCUT2D eigenvalue weighted by Crippen LogP contribution is 2.14. The zero-order chi connectivity index (χ0) is 9.52. The number of halogens is 1. The van der Waals surface area contributed by atoms with Crippen LogP contribution in [0.3, 0.4) is 0 Å². The molecular formula is C10H17ClO3. The van der Waals surface area contributed by atoms with E-state index in [1.165, 1.54) is 0 Å². The number of hydrogen-bond donors (Lipinski definition) is 1. The number of hydrogen-bond acceptors (Lipinski definition) is 2. The predicted molar refractivity (Wildman–Crippen MR) is 56.8 cm³/mol. The quantitative estimate of drug-likeness (QED) is 0.743. The molecule has 0 saturated heterocycles. The summed E-state index contributed by atoms with van der Waals surface area (Å²) in [6, 6.07) is 0. The molecular weight excluding hydrogens is 204 g/mol. The summed E-state index contributed by atoms with van der Waals surface area (Å²) < 4.78 is 5.25. The predicted octanol–water partition coefficient (Wildman–Crippen LogP) is 2.40. The molecule has 3 nitrogen and oxygen atoms in total. The zero-order valence-electron chi connectivity index (χ0n) is 8.15. The van der Waals surface area contributed by atoms with Gasteiger partial charge in [-0.1, -0.05) is 12.2 Å². The molecule has 4 heteroatoms. The Morgan fingerprint density at radius 2 is 2.07 bits per heavy atom. The first-order chi connectivity index (χ1) is 6.29. The van der Waals surface area contributed by atoms with Gasteiger partial charge in [0.05, 0.1) is 6.10 Å². The number of ether oxygens (including phenoxy) is 1. The van der Waals surface area contributed by atoms with E-state index in [1.807, 2.05) is 0 Å². The second-order valence-corrected chi connectivity index (χ2v) is 3.31. The van der Waals surface area contributed by atoms with Crippen LogP contribution < -0.4 is 0 Å². The maximum atomic E-state index is 10.3. The van der Waals surface area contributed by atoms with Crippen molar-refractivity contribution < 1.29 is 14.6 Å². The molecule has 82 valence electrons. The van der Waals surface area contributed by atoms with Crippen molar-refractivity contribution in [2.75, 3.05) is 6.61 Å². The van der Waals surface area contributed by atoms with Crippen LogP contribution in [-0.2, 0) is 9.53 Å². The monoisotopic (exact) mass is 220 g/mol. The first kappa shape index (κ1) is 13.5. The fourth-order valence-corrected chi connectivity index (χ4v) is 1.48. The van der Waals surface area contributed by atoms with Gasteiger partial charge in [-0.25, -0.2) is 4.79 Å². The maximum absolute atomic E-state index is 10.3. The van der Waals surface area contributed by atoms with E-state index < -0.39 is 5.97 Å².